The lowest BCUT2D eigenvalue weighted by Gasteiger charge is -2.19. The lowest BCUT2D eigenvalue weighted by molar-refractivity contribution is 0.669. The number of furan rings is 1. The van der Waals surface area contributed by atoms with E-state index in [0.29, 0.717) is 0 Å². The van der Waals surface area contributed by atoms with Gasteiger partial charge in [-0.3, -0.25) is 4.57 Å². The third-order valence-electron chi connectivity index (χ3n) is 10.2. The number of imidazole rings is 1. The third kappa shape index (κ3) is 4.40. The minimum atomic E-state index is 0.858. The Morgan fingerprint density at radius 1 is 0.460 bits per heavy atom. The van der Waals surface area contributed by atoms with Gasteiger partial charge in [0.25, 0.3) is 0 Å². The maximum Gasteiger partial charge on any atom is 0.135 e. The number of nitrogens with zero attached hydrogens (tertiary/aromatic N) is 2. The van der Waals surface area contributed by atoms with Crippen molar-refractivity contribution in [3.8, 4) is 39.1 Å². The second-order valence-electron chi connectivity index (χ2n) is 13.0. The molecule has 0 radical (unpaired) electrons. The molecule has 236 valence electrons. The number of benzene rings is 8. The second kappa shape index (κ2) is 11.3. The van der Waals surface area contributed by atoms with Crippen LogP contribution in [0, 0.1) is 0 Å². The van der Waals surface area contributed by atoms with Gasteiger partial charge >= 0.3 is 0 Å². The highest BCUT2D eigenvalue weighted by Crippen LogP contribution is 2.46. The van der Waals surface area contributed by atoms with Crippen molar-refractivity contribution in [2.45, 2.75) is 13.3 Å². The van der Waals surface area contributed by atoms with Crippen molar-refractivity contribution in [1.82, 2.24) is 9.55 Å². The average molecular weight is 641 g/mol. The minimum Gasteiger partial charge on any atom is -0.456 e. The van der Waals surface area contributed by atoms with Gasteiger partial charge in [0.2, 0.25) is 0 Å². The zero-order chi connectivity index (χ0) is 33.2. The molecule has 3 heteroatoms. The Balaban J connectivity index is 1.24. The Morgan fingerprint density at radius 2 is 1.06 bits per heavy atom. The predicted molar refractivity (Wildman–Crippen MR) is 209 cm³/mol. The Labute approximate surface area is 289 Å². The lowest BCUT2D eigenvalue weighted by atomic mass is 9.84. The van der Waals surface area contributed by atoms with Crippen molar-refractivity contribution in [2.75, 3.05) is 0 Å². The molecule has 0 fully saturated rings. The van der Waals surface area contributed by atoms with E-state index in [4.69, 9.17) is 9.40 Å². The summed E-state index contributed by atoms with van der Waals surface area (Å²) in [6.45, 7) is 2.17. The van der Waals surface area contributed by atoms with Gasteiger partial charge in [0.05, 0.1) is 11.0 Å². The van der Waals surface area contributed by atoms with E-state index in [-0.39, 0.29) is 0 Å². The smallest absolute Gasteiger partial charge is 0.135 e. The fourth-order valence-corrected chi connectivity index (χ4v) is 7.87. The second-order valence-corrected chi connectivity index (χ2v) is 13.0. The molecule has 0 unspecified atom stereocenters. The maximum atomic E-state index is 6.24. The number of hydrogen-bond donors (Lipinski definition) is 0. The van der Waals surface area contributed by atoms with Crippen molar-refractivity contribution in [1.29, 1.82) is 0 Å². The van der Waals surface area contributed by atoms with E-state index in [0.717, 1.165) is 50.9 Å². The summed E-state index contributed by atoms with van der Waals surface area (Å²) in [5.41, 5.74) is 12.3. The third-order valence-corrected chi connectivity index (χ3v) is 10.2. The van der Waals surface area contributed by atoms with Crippen LogP contribution < -0.4 is 0 Å². The predicted octanol–water partition coefficient (Wildman–Crippen LogP) is 12.8. The SMILES string of the molecule is CCc1nc2ccccc2n1-c1ccc(-c2c3ccccc3c(-c3ccc4oc5ccccc5c4c3)c3cc(-c4ccccc4)ccc23)cc1. The molecule has 0 amide bonds. The molecule has 2 heterocycles. The number of para-hydroxylation sites is 3. The topological polar surface area (TPSA) is 31.0 Å². The molecular weight excluding hydrogens is 609 g/mol. The highest BCUT2D eigenvalue weighted by atomic mass is 16.3. The number of hydrogen-bond acceptors (Lipinski definition) is 2. The van der Waals surface area contributed by atoms with Crippen LogP contribution in [-0.4, -0.2) is 9.55 Å². The number of rotatable bonds is 5. The molecule has 0 aliphatic heterocycles. The van der Waals surface area contributed by atoms with Crippen molar-refractivity contribution in [3.05, 3.63) is 170 Å². The van der Waals surface area contributed by atoms with Crippen molar-refractivity contribution >= 4 is 54.5 Å². The maximum absolute atomic E-state index is 6.24. The molecular formula is C47H32N2O. The van der Waals surface area contributed by atoms with E-state index >= 15 is 0 Å². The first-order valence-corrected chi connectivity index (χ1v) is 17.3. The standard InChI is InChI=1S/C47H32N2O/c1-2-45-48-41-17-9-10-18-42(41)49(45)34-24-20-31(21-25-34)46-36-15-6-7-16-37(36)47(40-28-32(22-26-38(40)46)30-12-4-3-5-13-30)33-23-27-44-39(29-33)35-14-8-11-19-43(35)50-44/h3-29H,2H2,1H3. The average Bonchev–Trinajstić information content (AvgIpc) is 3.75. The number of aryl methyl sites for hydroxylation is 1. The zero-order valence-electron chi connectivity index (χ0n) is 27.6. The van der Waals surface area contributed by atoms with Crippen LogP contribution in [0.25, 0.3) is 93.6 Å². The highest BCUT2D eigenvalue weighted by Gasteiger charge is 2.19. The zero-order valence-corrected chi connectivity index (χ0v) is 27.6. The molecule has 0 N–H and O–H groups in total. The van der Waals surface area contributed by atoms with Crippen LogP contribution in [0.5, 0.6) is 0 Å². The van der Waals surface area contributed by atoms with Gasteiger partial charge in [-0.15, -0.1) is 0 Å². The Hall–Kier alpha value is -6.45. The van der Waals surface area contributed by atoms with Gasteiger partial charge in [0.1, 0.15) is 17.0 Å². The first kappa shape index (κ1) is 28.6. The largest absolute Gasteiger partial charge is 0.456 e. The summed E-state index contributed by atoms with van der Waals surface area (Å²) in [5, 5.41) is 7.18. The van der Waals surface area contributed by atoms with Crippen LogP contribution in [0.15, 0.2) is 168 Å². The molecule has 3 nitrogen and oxygen atoms in total. The molecule has 0 bridgehead atoms. The normalized spacial score (nSPS) is 11.8. The van der Waals surface area contributed by atoms with Gasteiger partial charge in [0.15, 0.2) is 0 Å². The molecule has 10 rings (SSSR count). The molecule has 0 aliphatic carbocycles. The van der Waals surface area contributed by atoms with Gasteiger partial charge in [-0.2, -0.15) is 0 Å². The summed E-state index contributed by atoms with van der Waals surface area (Å²) in [7, 11) is 0. The summed E-state index contributed by atoms with van der Waals surface area (Å²) >= 11 is 0. The molecule has 0 spiro atoms. The van der Waals surface area contributed by atoms with Crippen LogP contribution in [0.4, 0.5) is 0 Å². The molecule has 0 saturated carbocycles. The quantitative estimate of drug-likeness (QED) is 0.175. The van der Waals surface area contributed by atoms with Gasteiger partial charge in [-0.25, -0.2) is 4.98 Å². The number of fused-ring (bicyclic) bond motifs is 6. The first-order valence-electron chi connectivity index (χ1n) is 17.3. The molecule has 0 aliphatic rings. The highest BCUT2D eigenvalue weighted by molar-refractivity contribution is 6.22. The summed E-state index contributed by atoms with van der Waals surface area (Å²) in [5.74, 6) is 1.06. The van der Waals surface area contributed by atoms with E-state index in [1.165, 1.54) is 54.9 Å². The lowest BCUT2D eigenvalue weighted by Crippen LogP contribution is -2.00. The first-order chi connectivity index (χ1) is 24.7. The van der Waals surface area contributed by atoms with Gasteiger partial charge < -0.3 is 4.42 Å². The summed E-state index contributed by atoms with van der Waals surface area (Å²) in [6, 6.07) is 58.9. The van der Waals surface area contributed by atoms with Crippen LogP contribution in [0.3, 0.4) is 0 Å². The van der Waals surface area contributed by atoms with Crippen molar-refractivity contribution in [3.63, 3.8) is 0 Å². The minimum absolute atomic E-state index is 0.858. The molecule has 10 aromatic rings. The van der Waals surface area contributed by atoms with Crippen molar-refractivity contribution in [2.24, 2.45) is 0 Å². The van der Waals surface area contributed by atoms with E-state index in [1.807, 2.05) is 12.1 Å². The van der Waals surface area contributed by atoms with Crippen LogP contribution in [-0.2, 0) is 6.42 Å². The van der Waals surface area contributed by atoms with E-state index in [9.17, 15) is 0 Å². The Kier molecular flexibility index (Phi) is 6.47. The summed E-state index contributed by atoms with van der Waals surface area (Å²) < 4.78 is 8.53. The van der Waals surface area contributed by atoms with Gasteiger partial charge in [0, 0.05) is 22.9 Å². The Morgan fingerprint density at radius 3 is 1.86 bits per heavy atom. The Bertz CT molecular complexity index is 2890. The van der Waals surface area contributed by atoms with Crippen LogP contribution in [0.1, 0.15) is 12.7 Å². The fourth-order valence-electron chi connectivity index (χ4n) is 7.87. The monoisotopic (exact) mass is 640 g/mol. The molecule has 8 aromatic carbocycles. The summed E-state index contributed by atoms with van der Waals surface area (Å²) in [4.78, 5) is 4.93. The number of aromatic nitrogens is 2. The van der Waals surface area contributed by atoms with Crippen molar-refractivity contribution < 1.29 is 4.42 Å². The fraction of sp³-hybridized carbons (Fsp3) is 0.0426. The molecule has 0 saturated heterocycles. The van der Waals surface area contributed by atoms with Gasteiger partial charge in [-0.1, -0.05) is 122 Å². The van der Waals surface area contributed by atoms with Crippen LogP contribution >= 0.6 is 0 Å². The van der Waals surface area contributed by atoms with E-state index < -0.39 is 0 Å². The molecule has 0 atom stereocenters. The molecule has 50 heavy (non-hydrogen) atoms. The summed E-state index contributed by atoms with van der Waals surface area (Å²) in [6.07, 6.45) is 0.858. The molecule has 2 aromatic heterocycles. The van der Waals surface area contributed by atoms with E-state index in [2.05, 4.69) is 163 Å². The van der Waals surface area contributed by atoms with Crippen LogP contribution in [0.2, 0.25) is 0 Å². The van der Waals surface area contributed by atoms with Gasteiger partial charge in [-0.05, 0) is 103 Å². The van der Waals surface area contributed by atoms with E-state index in [1.54, 1.807) is 0 Å².